The van der Waals surface area contributed by atoms with Gasteiger partial charge in [0.1, 0.15) is 11.6 Å². The highest BCUT2D eigenvalue weighted by molar-refractivity contribution is 6.28. The fraction of sp³-hybridized carbons (Fsp3) is 0.231. The minimum absolute atomic E-state index is 0.149. The highest BCUT2D eigenvalue weighted by atomic mass is 35.5. The van der Waals surface area contributed by atoms with Gasteiger partial charge in [0.05, 0.1) is 0 Å². The first kappa shape index (κ1) is 12.8. The largest absolute Gasteiger partial charge is 0.366 e. The Morgan fingerprint density at radius 2 is 1.94 bits per heavy atom. The molecule has 0 unspecified atom stereocenters. The maximum Gasteiger partial charge on any atom is 0.224 e. The van der Waals surface area contributed by atoms with E-state index in [0.29, 0.717) is 23.5 Å². The second-order valence-electron chi connectivity index (χ2n) is 4.11. The molecule has 0 saturated heterocycles. The summed E-state index contributed by atoms with van der Waals surface area (Å²) in [7, 11) is 0. The lowest BCUT2D eigenvalue weighted by Crippen LogP contribution is -2.03. The highest BCUT2D eigenvalue weighted by Crippen LogP contribution is 2.16. The summed E-state index contributed by atoms with van der Waals surface area (Å²) in [6.07, 6.45) is 1.58. The molecule has 2 rings (SSSR count). The molecular weight excluding hydrogens is 253 g/mol. The number of aromatic nitrogens is 2. The smallest absolute Gasteiger partial charge is 0.224 e. The number of halogens is 2. The molecule has 1 aromatic heterocycles. The van der Waals surface area contributed by atoms with E-state index in [1.165, 1.54) is 0 Å². The van der Waals surface area contributed by atoms with Gasteiger partial charge >= 0.3 is 0 Å². The van der Waals surface area contributed by atoms with Crippen molar-refractivity contribution in [1.82, 2.24) is 9.97 Å². The topological polar surface area (TPSA) is 37.8 Å². The van der Waals surface area contributed by atoms with Crippen LogP contribution in [0.3, 0.4) is 0 Å². The fourth-order valence-electron chi connectivity index (χ4n) is 1.76. The van der Waals surface area contributed by atoms with Crippen LogP contribution in [-0.4, -0.2) is 9.97 Å². The summed E-state index contributed by atoms with van der Waals surface area (Å²) in [4.78, 5) is 7.82. The number of nitrogens with zero attached hydrogens (tertiary/aromatic N) is 2. The van der Waals surface area contributed by atoms with Gasteiger partial charge in [-0.2, -0.15) is 0 Å². The van der Waals surface area contributed by atoms with Gasteiger partial charge in [0.25, 0.3) is 0 Å². The van der Waals surface area contributed by atoms with Gasteiger partial charge in [-0.3, -0.25) is 0 Å². The van der Waals surface area contributed by atoms with Crippen molar-refractivity contribution in [2.75, 3.05) is 5.32 Å². The van der Waals surface area contributed by atoms with Crippen LogP contribution in [0.15, 0.2) is 24.4 Å². The van der Waals surface area contributed by atoms with Gasteiger partial charge in [-0.15, -0.1) is 0 Å². The van der Waals surface area contributed by atoms with Crippen LogP contribution in [0.25, 0.3) is 0 Å². The van der Waals surface area contributed by atoms with Crippen LogP contribution in [0.5, 0.6) is 0 Å². The molecule has 1 heterocycles. The molecule has 1 N–H and O–H groups in total. The van der Waals surface area contributed by atoms with E-state index < -0.39 is 0 Å². The van der Waals surface area contributed by atoms with E-state index in [0.717, 1.165) is 5.56 Å². The van der Waals surface area contributed by atoms with E-state index in [2.05, 4.69) is 15.3 Å². The zero-order valence-electron chi connectivity index (χ0n) is 10.2. The van der Waals surface area contributed by atoms with Crippen LogP contribution >= 0.6 is 11.6 Å². The standard InChI is InChI=1S/C13H13ClFN3/c1-8-5-10(6-9(2)12(8)15)7-17-11-3-4-16-13(14)18-11/h3-6H,7H2,1-2H3,(H,16,17,18). The molecular formula is C13H13ClFN3. The molecule has 94 valence electrons. The number of hydrogen-bond donors (Lipinski definition) is 1. The second-order valence-corrected chi connectivity index (χ2v) is 4.45. The number of nitrogens with one attached hydrogen (secondary N) is 1. The molecule has 0 saturated carbocycles. The predicted molar refractivity (Wildman–Crippen MR) is 70.2 cm³/mol. The number of anilines is 1. The lowest BCUT2D eigenvalue weighted by atomic mass is 10.1. The summed E-state index contributed by atoms with van der Waals surface area (Å²) in [5.41, 5.74) is 2.29. The molecule has 5 heteroatoms. The SMILES string of the molecule is Cc1cc(CNc2ccnc(Cl)n2)cc(C)c1F. The van der Waals surface area contributed by atoms with Crippen molar-refractivity contribution < 1.29 is 4.39 Å². The van der Waals surface area contributed by atoms with Crippen molar-refractivity contribution in [2.24, 2.45) is 0 Å². The molecule has 1 aromatic carbocycles. The Hall–Kier alpha value is -1.68. The van der Waals surface area contributed by atoms with Crippen LogP contribution in [0.2, 0.25) is 5.28 Å². The van der Waals surface area contributed by atoms with Crippen LogP contribution in [0.1, 0.15) is 16.7 Å². The third kappa shape index (κ3) is 2.96. The number of rotatable bonds is 3. The van der Waals surface area contributed by atoms with Gasteiger partial charge in [-0.25, -0.2) is 14.4 Å². The molecule has 0 spiro atoms. The quantitative estimate of drug-likeness (QED) is 0.863. The zero-order chi connectivity index (χ0) is 13.1. The van der Waals surface area contributed by atoms with Crippen molar-refractivity contribution in [1.29, 1.82) is 0 Å². The van der Waals surface area contributed by atoms with E-state index in [1.54, 1.807) is 26.1 Å². The lowest BCUT2D eigenvalue weighted by molar-refractivity contribution is 0.608. The summed E-state index contributed by atoms with van der Waals surface area (Å²) in [6.45, 7) is 4.08. The molecule has 0 aliphatic rings. The van der Waals surface area contributed by atoms with E-state index in [4.69, 9.17) is 11.6 Å². The van der Waals surface area contributed by atoms with Crippen molar-refractivity contribution in [3.63, 3.8) is 0 Å². The van der Waals surface area contributed by atoms with E-state index in [1.807, 2.05) is 12.1 Å². The van der Waals surface area contributed by atoms with Gasteiger partial charge in [0, 0.05) is 12.7 Å². The van der Waals surface area contributed by atoms with Gasteiger partial charge in [-0.05, 0) is 48.2 Å². The minimum atomic E-state index is -0.149. The monoisotopic (exact) mass is 265 g/mol. The first-order valence-corrected chi connectivity index (χ1v) is 5.92. The van der Waals surface area contributed by atoms with E-state index in [9.17, 15) is 4.39 Å². The highest BCUT2D eigenvalue weighted by Gasteiger charge is 2.04. The molecule has 0 aliphatic heterocycles. The fourth-order valence-corrected chi connectivity index (χ4v) is 1.91. The average Bonchev–Trinajstić information content (AvgIpc) is 2.33. The van der Waals surface area contributed by atoms with E-state index >= 15 is 0 Å². The van der Waals surface area contributed by atoms with Crippen molar-refractivity contribution in [3.05, 3.63) is 52.2 Å². The average molecular weight is 266 g/mol. The van der Waals surface area contributed by atoms with Crippen molar-refractivity contribution in [3.8, 4) is 0 Å². The Morgan fingerprint density at radius 1 is 1.28 bits per heavy atom. The molecule has 0 atom stereocenters. The number of hydrogen-bond acceptors (Lipinski definition) is 3. The molecule has 0 radical (unpaired) electrons. The zero-order valence-corrected chi connectivity index (χ0v) is 10.9. The summed E-state index contributed by atoms with van der Waals surface area (Å²) < 4.78 is 13.5. The van der Waals surface area contributed by atoms with Crippen molar-refractivity contribution in [2.45, 2.75) is 20.4 Å². The summed E-state index contributed by atoms with van der Waals surface area (Å²) in [5.74, 6) is 0.499. The van der Waals surface area contributed by atoms with Crippen LogP contribution < -0.4 is 5.32 Å². The van der Waals surface area contributed by atoms with Crippen LogP contribution in [0.4, 0.5) is 10.2 Å². The molecule has 18 heavy (non-hydrogen) atoms. The summed E-state index contributed by atoms with van der Waals surface area (Å²) >= 11 is 5.69. The Bertz CT molecular complexity index is 549. The van der Waals surface area contributed by atoms with Gasteiger partial charge in [0.15, 0.2) is 0 Å². The Kier molecular flexibility index (Phi) is 3.77. The maximum atomic E-state index is 13.5. The third-order valence-electron chi connectivity index (χ3n) is 2.60. The summed E-state index contributed by atoms with van der Waals surface area (Å²) in [6, 6.07) is 5.37. The Balaban J connectivity index is 2.11. The third-order valence-corrected chi connectivity index (χ3v) is 2.78. The van der Waals surface area contributed by atoms with E-state index in [-0.39, 0.29) is 11.1 Å². The summed E-state index contributed by atoms with van der Waals surface area (Å²) in [5, 5.41) is 3.32. The Labute approximate surface area is 110 Å². The second kappa shape index (κ2) is 5.31. The normalized spacial score (nSPS) is 10.4. The van der Waals surface area contributed by atoms with Gasteiger partial charge in [0.2, 0.25) is 5.28 Å². The first-order chi connectivity index (χ1) is 8.56. The lowest BCUT2D eigenvalue weighted by Gasteiger charge is -2.08. The number of benzene rings is 1. The molecule has 0 aliphatic carbocycles. The number of aryl methyl sites for hydroxylation is 2. The first-order valence-electron chi connectivity index (χ1n) is 5.54. The maximum absolute atomic E-state index is 13.5. The minimum Gasteiger partial charge on any atom is -0.366 e. The molecule has 0 bridgehead atoms. The molecule has 3 nitrogen and oxygen atoms in total. The van der Waals surface area contributed by atoms with Gasteiger partial charge in [-0.1, -0.05) is 12.1 Å². The molecule has 0 amide bonds. The van der Waals surface area contributed by atoms with Crippen LogP contribution in [-0.2, 0) is 6.54 Å². The Morgan fingerprint density at radius 3 is 2.56 bits per heavy atom. The van der Waals surface area contributed by atoms with Crippen LogP contribution in [0, 0.1) is 19.7 Å². The molecule has 0 fully saturated rings. The molecule has 2 aromatic rings. The predicted octanol–water partition coefficient (Wildman–Crippen LogP) is 3.50. The van der Waals surface area contributed by atoms with Crippen molar-refractivity contribution >= 4 is 17.4 Å². The van der Waals surface area contributed by atoms with Gasteiger partial charge < -0.3 is 5.32 Å².